The Labute approximate surface area is 172 Å². The lowest BCUT2D eigenvalue weighted by molar-refractivity contribution is -0.137. The number of alkyl halides is 3. The highest BCUT2D eigenvalue weighted by Gasteiger charge is 2.35. The van der Waals surface area contributed by atoms with Gasteiger partial charge in [-0.3, -0.25) is 14.6 Å². The smallest absolute Gasteiger partial charge is 0.297 e. The van der Waals surface area contributed by atoms with Gasteiger partial charge < -0.3 is 0 Å². The third-order valence-corrected chi connectivity index (χ3v) is 4.39. The van der Waals surface area contributed by atoms with Crippen molar-refractivity contribution in [2.24, 2.45) is 0 Å². The molecule has 9 heteroatoms. The van der Waals surface area contributed by atoms with E-state index in [0.717, 1.165) is 22.6 Å². The van der Waals surface area contributed by atoms with Crippen molar-refractivity contribution in [3.63, 3.8) is 0 Å². The molecule has 1 heterocycles. The van der Waals surface area contributed by atoms with Crippen LogP contribution in [-0.2, 0) is 11.0 Å². The number of carbonyl (C=O) groups excluding carboxylic acids is 1. The number of nitriles is 1. The molecular formula is C20H19F3N4OS. The Kier molecular flexibility index (Phi) is 6.28. The number of halogens is 3. The van der Waals surface area contributed by atoms with Crippen LogP contribution >= 0.6 is 12.2 Å². The summed E-state index contributed by atoms with van der Waals surface area (Å²) in [6, 6.07) is 8.08. The van der Waals surface area contributed by atoms with E-state index in [2.05, 4.69) is 4.98 Å². The first-order chi connectivity index (χ1) is 13.4. The Balaban J connectivity index is 2.59. The number of pyridine rings is 1. The fraction of sp³-hybridized carbons (Fsp3) is 0.300. The van der Waals surface area contributed by atoms with Crippen LogP contribution in [0.2, 0.25) is 0 Å². The van der Waals surface area contributed by atoms with Crippen LogP contribution in [0.25, 0.3) is 0 Å². The van der Waals surface area contributed by atoms with E-state index in [1.165, 1.54) is 12.1 Å². The van der Waals surface area contributed by atoms with E-state index in [0.29, 0.717) is 12.2 Å². The molecule has 0 saturated heterocycles. The van der Waals surface area contributed by atoms with Gasteiger partial charge in [0.25, 0.3) is 0 Å². The highest BCUT2D eigenvalue weighted by Crippen LogP contribution is 2.35. The van der Waals surface area contributed by atoms with E-state index in [-0.39, 0.29) is 10.8 Å². The maximum Gasteiger partial charge on any atom is 0.417 e. The highest BCUT2D eigenvalue weighted by molar-refractivity contribution is 7.80. The van der Waals surface area contributed by atoms with Crippen LogP contribution in [0.1, 0.15) is 37.5 Å². The monoisotopic (exact) mass is 420 g/mol. The number of hydrogen-bond acceptors (Lipinski definition) is 4. The average Bonchev–Trinajstić information content (AvgIpc) is 2.60. The Morgan fingerprint density at radius 3 is 2.34 bits per heavy atom. The van der Waals surface area contributed by atoms with Gasteiger partial charge >= 0.3 is 6.18 Å². The molecule has 0 aliphatic carbocycles. The summed E-state index contributed by atoms with van der Waals surface area (Å²) in [6.45, 7) is 7.38. The fourth-order valence-electron chi connectivity index (χ4n) is 2.71. The summed E-state index contributed by atoms with van der Waals surface area (Å²) in [5.41, 5.74) is -1.49. The molecule has 2 rings (SSSR count). The minimum Gasteiger partial charge on any atom is -0.297 e. The van der Waals surface area contributed by atoms with Gasteiger partial charge in [-0.2, -0.15) is 18.4 Å². The van der Waals surface area contributed by atoms with Crippen molar-refractivity contribution in [3.05, 3.63) is 53.2 Å². The lowest BCUT2D eigenvalue weighted by atomic mass is 10.1. The van der Waals surface area contributed by atoms with Crippen molar-refractivity contribution in [2.75, 3.05) is 9.80 Å². The van der Waals surface area contributed by atoms with Crippen LogP contribution in [0.5, 0.6) is 0 Å². The van der Waals surface area contributed by atoms with Gasteiger partial charge in [-0.05, 0) is 75.8 Å². The fourth-order valence-corrected chi connectivity index (χ4v) is 3.23. The maximum atomic E-state index is 13.3. The molecule has 0 unspecified atom stereocenters. The van der Waals surface area contributed by atoms with E-state index in [4.69, 9.17) is 17.5 Å². The van der Waals surface area contributed by atoms with Crippen LogP contribution in [0.4, 0.5) is 24.7 Å². The predicted molar refractivity (Wildman–Crippen MR) is 109 cm³/mol. The molecule has 1 aromatic heterocycles. The van der Waals surface area contributed by atoms with Gasteiger partial charge in [0, 0.05) is 11.7 Å². The van der Waals surface area contributed by atoms with Gasteiger partial charge in [0.2, 0.25) is 6.41 Å². The van der Waals surface area contributed by atoms with Crippen molar-refractivity contribution >= 4 is 35.2 Å². The second-order valence-electron chi connectivity index (χ2n) is 7.30. The van der Waals surface area contributed by atoms with E-state index in [1.54, 1.807) is 23.2 Å². The second kappa shape index (κ2) is 8.17. The van der Waals surface area contributed by atoms with Crippen LogP contribution in [0, 0.1) is 18.3 Å². The first-order valence-corrected chi connectivity index (χ1v) is 8.93. The van der Waals surface area contributed by atoms with Crippen LogP contribution < -0.4 is 9.80 Å². The van der Waals surface area contributed by atoms with Crippen molar-refractivity contribution in [2.45, 2.75) is 39.4 Å². The Morgan fingerprint density at radius 2 is 1.86 bits per heavy atom. The number of benzene rings is 1. The summed E-state index contributed by atoms with van der Waals surface area (Å²) in [5.74, 6) is 0.457. The standard InChI is InChI=1S/C20H19F3N4OS/c1-13-7-8-25-17(9-13)27(19(2,3)4)18(29)26(12-28)15-6-5-14(11-24)16(10-15)20(21,22)23/h5-10,12H,1-4H3. The Morgan fingerprint density at radius 1 is 1.21 bits per heavy atom. The van der Waals surface area contributed by atoms with Gasteiger partial charge in [-0.25, -0.2) is 4.98 Å². The molecule has 0 bridgehead atoms. The lowest BCUT2D eigenvalue weighted by Gasteiger charge is -2.39. The molecule has 5 nitrogen and oxygen atoms in total. The van der Waals surface area contributed by atoms with Crippen molar-refractivity contribution in [1.82, 2.24) is 4.98 Å². The molecule has 152 valence electrons. The summed E-state index contributed by atoms with van der Waals surface area (Å²) in [7, 11) is 0. The maximum absolute atomic E-state index is 13.3. The van der Waals surface area contributed by atoms with Crippen molar-refractivity contribution in [1.29, 1.82) is 5.26 Å². The zero-order valence-corrected chi connectivity index (χ0v) is 17.1. The lowest BCUT2D eigenvalue weighted by Crippen LogP contribution is -2.52. The highest BCUT2D eigenvalue weighted by atomic mass is 32.1. The zero-order valence-electron chi connectivity index (χ0n) is 16.3. The Hall–Kier alpha value is -2.99. The predicted octanol–water partition coefficient (Wildman–Crippen LogP) is 4.83. The number of amides is 1. The number of hydrogen-bond donors (Lipinski definition) is 0. The molecule has 0 spiro atoms. The molecule has 0 aliphatic heterocycles. The van der Waals surface area contributed by atoms with Crippen LogP contribution in [-0.4, -0.2) is 22.0 Å². The summed E-state index contributed by atoms with van der Waals surface area (Å²) in [4.78, 5) is 18.7. The number of aryl methyl sites for hydroxylation is 1. The van der Waals surface area contributed by atoms with E-state index >= 15 is 0 Å². The van der Waals surface area contributed by atoms with Gasteiger partial charge in [-0.1, -0.05) is 0 Å². The minimum absolute atomic E-state index is 0.0385. The summed E-state index contributed by atoms with van der Waals surface area (Å²) in [5, 5.41) is 8.93. The molecule has 0 N–H and O–H groups in total. The molecule has 0 radical (unpaired) electrons. The topological polar surface area (TPSA) is 60.2 Å². The number of nitrogens with zero attached hydrogens (tertiary/aromatic N) is 4. The first kappa shape index (κ1) is 22.3. The third kappa shape index (κ3) is 4.90. The van der Waals surface area contributed by atoms with E-state index < -0.39 is 22.8 Å². The van der Waals surface area contributed by atoms with E-state index in [1.807, 2.05) is 27.7 Å². The summed E-state index contributed by atoms with van der Waals surface area (Å²) in [6.07, 6.45) is -2.82. The molecular weight excluding hydrogens is 401 g/mol. The molecule has 29 heavy (non-hydrogen) atoms. The molecule has 1 amide bonds. The number of anilines is 2. The van der Waals surface area contributed by atoms with Crippen molar-refractivity contribution in [3.8, 4) is 6.07 Å². The summed E-state index contributed by atoms with van der Waals surface area (Å²) < 4.78 is 40.0. The van der Waals surface area contributed by atoms with Crippen LogP contribution in [0.3, 0.4) is 0 Å². The minimum atomic E-state index is -4.75. The normalized spacial score (nSPS) is 11.5. The molecule has 0 fully saturated rings. The molecule has 2 aromatic rings. The quantitative estimate of drug-likeness (QED) is 0.526. The zero-order chi connectivity index (χ0) is 22.0. The number of carbonyl (C=O) groups is 1. The van der Waals surface area contributed by atoms with Gasteiger partial charge in [0.05, 0.1) is 22.9 Å². The van der Waals surface area contributed by atoms with E-state index in [9.17, 15) is 18.0 Å². The number of thiocarbonyl (C=S) groups is 1. The third-order valence-electron chi connectivity index (χ3n) is 4.01. The van der Waals surface area contributed by atoms with Gasteiger partial charge in [0.15, 0.2) is 5.11 Å². The SMILES string of the molecule is Cc1ccnc(N(C(=S)N(C=O)c2ccc(C#N)c(C(F)(F)F)c2)C(C)(C)C)c1. The Bertz CT molecular complexity index is 977. The largest absolute Gasteiger partial charge is 0.417 e. The molecule has 0 atom stereocenters. The first-order valence-electron chi connectivity index (χ1n) is 8.53. The summed E-state index contributed by atoms with van der Waals surface area (Å²) >= 11 is 5.48. The molecule has 0 aliphatic rings. The molecule has 1 aromatic carbocycles. The number of aromatic nitrogens is 1. The average molecular weight is 420 g/mol. The molecule has 0 saturated carbocycles. The number of rotatable bonds is 3. The van der Waals surface area contributed by atoms with Gasteiger partial charge in [0.1, 0.15) is 5.82 Å². The van der Waals surface area contributed by atoms with Crippen LogP contribution in [0.15, 0.2) is 36.5 Å². The second-order valence-corrected chi connectivity index (χ2v) is 7.66. The van der Waals surface area contributed by atoms with Crippen molar-refractivity contribution < 1.29 is 18.0 Å². The van der Waals surface area contributed by atoms with Gasteiger partial charge in [-0.15, -0.1) is 0 Å².